The van der Waals surface area contributed by atoms with Gasteiger partial charge in [0.05, 0.1) is 18.6 Å². The van der Waals surface area contributed by atoms with Crippen molar-refractivity contribution in [2.24, 2.45) is 0 Å². The number of furan rings is 1. The highest BCUT2D eigenvalue weighted by atomic mass is 32.2. The number of sulfone groups is 1. The second-order valence-electron chi connectivity index (χ2n) is 7.32. The topological polar surface area (TPSA) is 95.5 Å². The standard InChI is InChI=1S/C19H20N2O5S/c1-19(2)11-20-8-17-18(19)15-5-4-13(7-16(15)26-17)27(23,24)14-6-12(25-3)9-21(22)10-14/h4-7,9-10,20H,8,11H2,1-3H3. The summed E-state index contributed by atoms with van der Waals surface area (Å²) >= 11 is 0. The molecule has 0 saturated heterocycles. The van der Waals surface area contributed by atoms with E-state index in [0.29, 0.717) is 16.9 Å². The SMILES string of the molecule is COc1cc(S(=O)(=O)c2ccc3c4c(oc3c2)CNCC4(C)C)c[n+]([O-])c1. The quantitative estimate of drug-likeness (QED) is 0.546. The van der Waals surface area contributed by atoms with Crippen LogP contribution in [0.15, 0.2) is 50.9 Å². The Hall–Kier alpha value is -2.58. The lowest BCUT2D eigenvalue weighted by Crippen LogP contribution is -2.37. The molecule has 0 radical (unpaired) electrons. The van der Waals surface area contributed by atoms with Crippen molar-refractivity contribution in [1.82, 2.24) is 5.32 Å². The lowest BCUT2D eigenvalue weighted by Gasteiger charge is -2.29. The molecular weight excluding hydrogens is 368 g/mol. The molecular formula is C19H20N2O5S. The van der Waals surface area contributed by atoms with E-state index >= 15 is 0 Å². The molecule has 0 saturated carbocycles. The summed E-state index contributed by atoms with van der Waals surface area (Å²) in [6, 6.07) is 6.19. The first kappa shape index (κ1) is 17.8. The second kappa shape index (κ2) is 5.97. The molecule has 142 valence electrons. The molecule has 0 spiro atoms. The van der Waals surface area contributed by atoms with Gasteiger partial charge < -0.3 is 19.7 Å². The van der Waals surface area contributed by atoms with Gasteiger partial charge in [-0.15, -0.1) is 0 Å². The van der Waals surface area contributed by atoms with Gasteiger partial charge in [-0.2, -0.15) is 4.73 Å². The maximum atomic E-state index is 13.0. The molecule has 1 aromatic carbocycles. The van der Waals surface area contributed by atoms with Gasteiger partial charge in [-0.1, -0.05) is 13.8 Å². The number of rotatable bonds is 3. The first-order chi connectivity index (χ1) is 12.7. The number of pyridine rings is 1. The minimum absolute atomic E-state index is 0.0696. The molecule has 0 unspecified atom stereocenters. The van der Waals surface area contributed by atoms with Crippen LogP contribution < -0.4 is 14.8 Å². The highest BCUT2D eigenvalue weighted by Gasteiger charge is 2.33. The van der Waals surface area contributed by atoms with E-state index < -0.39 is 9.84 Å². The van der Waals surface area contributed by atoms with E-state index in [4.69, 9.17) is 9.15 Å². The Morgan fingerprint density at radius 2 is 2.00 bits per heavy atom. The Balaban J connectivity index is 1.86. The molecule has 3 aromatic rings. The summed E-state index contributed by atoms with van der Waals surface area (Å²) in [5.74, 6) is 1.00. The highest BCUT2D eigenvalue weighted by molar-refractivity contribution is 7.91. The molecule has 8 heteroatoms. The fourth-order valence-electron chi connectivity index (χ4n) is 3.64. The van der Waals surface area contributed by atoms with Crippen LogP contribution >= 0.6 is 0 Å². The molecule has 0 fully saturated rings. The highest BCUT2D eigenvalue weighted by Crippen LogP contribution is 2.39. The molecule has 0 bridgehead atoms. The molecule has 2 aromatic heterocycles. The van der Waals surface area contributed by atoms with Crippen LogP contribution in [-0.2, 0) is 21.8 Å². The molecule has 3 heterocycles. The largest absolute Gasteiger partial charge is 0.619 e. The van der Waals surface area contributed by atoms with Gasteiger partial charge in [0.1, 0.15) is 16.2 Å². The van der Waals surface area contributed by atoms with Crippen LogP contribution in [0.5, 0.6) is 5.75 Å². The number of benzene rings is 1. The van der Waals surface area contributed by atoms with Crippen LogP contribution in [0, 0.1) is 5.21 Å². The van der Waals surface area contributed by atoms with Crippen molar-refractivity contribution in [1.29, 1.82) is 0 Å². The predicted octanol–water partition coefficient (Wildman–Crippen LogP) is 2.29. The van der Waals surface area contributed by atoms with Gasteiger partial charge in [-0.3, -0.25) is 0 Å². The van der Waals surface area contributed by atoms with E-state index in [-0.39, 0.29) is 21.0 Å². The van der Waals surface area contributed by atoms with Gasteiger partial charge in [0.2, 0.25) is 16.0 Å². The number of nitrogens with zero attached hydrogens (tertiary/aromatic N) is 1. The van der Waals surface area contributed by atoms with E-state index in [1.54, 1.807) is 12.1 Å². The van der Waals surface area contributed by atoms with Gasteiger partial charge in [0.25, 0.3) is 0 Å². The molecule has 7 nitrogen and oxygen atoms in total. The smallest absolute Gasteiger partial charge is 0.222 e. The molecule has 1 aliphatic rings. The number of methoxy groups -OCH3 is 1. The van der Waals surface area contributed by atoms with Crippen molar-refractivity contribution in [3.05, 3.63) is 53.2 Å². The van der Waals surface area contributed by atoms with Crippen LogP contribution in [0.3, 0.4) is 0 Å². The van der Waals surface area contributed by atoms with Crippen LogP contribution in [0.4, 0.5) is 0 Å². The summed E-state index contributed by atoms with van der Waals surface area (Å²) in [5.41, 5.74) is 1.52. The number of hydrogen-bond donors (Lipinski definition) is 1. The zero-order chi connectivity index (χ0) is 19.4. The van der Waals surface area contributed by atoms with Crippen molar-refractivity contribution in [3.8, 4) is 5.75 Å². The summed E-state index contributed by atoms with van der Waals surface area (Å²) in [7, 11) is -2.52. The average Bonchev–Trinajstić information content (AvgIpc) is 2.99. The first-order valence-electron chi connectivity index (χ1n) is 8.52. The van der Waals surface area contributed by atoms with Gasteiger partial charge in [0.15, 0.2) is 11.9 Å². The summed E-state index contributed by atoms with van der Waals surface area (Å²) in [4.78, 5) is -0.0605. The average molecular weight is 388 g/mol. The third kappa shape index (κ3) is 2.85. The van der Waals surface area contributed by atoms with Crippen LogP contribution in [0.25, 0.3) is 11.0 Å². The molecule has 0 atom stereocenters. The normalized spacial score (nSPS) is 16.3. The summed E-state index contributed by atoms with van der Waals surface area (Å²) in [6.45, 7) is 5.69. The zero-order valence-corrected chi connectivity index (χ0v) is 16.1. The number of fused-ring (bicyclic) bond motifs is 3. The summed E-state index contributed by atoms with van der Waals surface area (Å²) < 4.78 is 37.4. The van der Waals surface area contributed by atoms with Crippen molar-refractivity contribution < 1.29 is 22.3 Å². The fourth-order valence-corrected chi connectivity index (χ4v) is 4.93. The van der Waals surface area contributed by atoms with E-state index in [1.165, 1.54) is 19.2 Å². The molecule has 1 N–H and O–H groups in total. The molecule has 0 amide bonds. The van der Waals surface area contributed by atoms with Crippen LogP contribution in [0.1, 0.15) is 25.2 Å². The maximum Gasteiger partial charge on any atom is 0.222 e. The molecule has 1 aliphatic heterocycles. The molecule has 4 rings (SSSR count). The van der Waals surface area contributed by atoms with Crippen LogP contribution in [0.2, 0.25) is 0 Å². The summed E-state index contributed by atoms with van der Waals surface area (Å²) in [5, 5.41) is 15.9. The van der Waals surface area contributed by atoms with Crippen molar-refractivity contribution >= 4 is 20.8 Å². The number of aromatic nitrogens is 1. The van der Waals surface area contributed by atoms with E-state index in [1.807, 2.05) is 0 Å². The molecule has 27 heavy (non-hydrogen) atoms. The van der Waals surface area contributed by atoms with Gasteiger partial charge in [0, 0.05) is 35.0 Å². The number of hydrogen-bond acceptors (Lipinski definition) is 6. The minimum Gasteiger partial charge on any atom is -0.619 e. The van der Waals surface area contributed by atoms with Gasteiger partial charge in [-0.25, -0.2) is 8.42 Å². The zero-order valence-electron chi connectivity index (χ0n) is 15.3. The predicted molar refractivity (Wildman–Crippen MR) is 98.4 cm³/mol. The monoisotopic (exact) mass is 388 g/mol. The third-order valence-corrected chi connectivity index (χ3v) is 6.63. The fraction of sp³-hybridized carbons (Fsp3) is 0.316. The Morgan fingerprint density at radius 3 is 2.74 bits per heavy atom. The number of ether oxygens (including phenoxy) is 1. The third-order valence-electron chi connectivity index (χ3n) is 4.91. The summed E-state index contributed by atoms with van der Waals surface area (Å²) in [6.07, 6.45) is 2.18. The van der Waals surface area contributed by atoms with E-state index in [9.17, 15) is 13.6 Å². The lowest BCUT2D eigenvalue weighted by atomic mass is 9.80. The van der Waals surface area contributed by atoms with Crippen LogP contribution in [-0.4, -0.2) is 22.1 Å². The lowest BCUT2D eigenvalue weighted by molar-refractivity contribution is -0.608. The Bertz CT molecular complexity index is 1150. The van der Waals surface area contributed by atoms with E-state index in [0.717, 1.165) is 35.6 Å². The van der Waals surface area contributed by atoms with Crippen molar-refractivity contribution in [3.63, 3.8) is 0 Å². The van der Waals surface area contributed by atoms with Gasteiger partial charge in [-0.05, 0) is 12.1 Å². The number of nitrogens with one attached hydrogen (secondary N) is 1. The Morgan fingerprint density at radius 1 is 1.22 bits per heavy atom. The first-order valence-corrected chi connectivity index (χ1v) is 10.0. The van der Waals surface area contributed by atoms with Crippen molar-refractivity contribution in [2.75, 3.05) is 13.7 Å². The minimum atomic E-state index is -3.89. The van der Waals surface area contributed by atoms with Crippen molar-refractivity contribution in [2.45, 2.75) is 35.6 Å². The van der Waals surface area contributed by atoms with Gasteiger partial charge >= 0.3 is 0 Å². The Labute approximate surface area is 157 Å². The Kier molecular flexibility index (Phi) is 3.94. The van der Waals surface area contributed by atoms with E-state index in [2.05, 4.69) is 19.2 Å². The second-order valence-corrected chi connectivity index (χ2v) is 9.27. The maximum absolute atomic E-state index is 13.0. The molecule has 0 aliphatic carbocycles.